The van der Waals surface area contributed by atoms with Crippen LogP contribution in [-0.4, -0.2) is 61.7 Å². The molecule has 3 unspecified atom stereocenters. The monoisotopic (exact) mass is 239 g/mol. The second-order valence-electron chi connectivity index (χ2n) is 6.02. The van der Waals surface area contributed by atoms with Gasteiger partial charge in [-0.25, -0.2) is 0 Å². The van der Waals surface area contributed by atoms with Crippen LogP contribution < -0.4 is 5.32 Å². The average Bonchev–Trinajstić information content (AvgIpc) is 2.94. The number of rotatable bonds is 5. The Morgan fingerprint density at radius 1 is 1.24 bits per heavy atom. The molecule has 0 radical (unpaired) electrons. The molecule has 0 spiro atoms. The summed E-state index contributed by atoms with van der Waals surface area (Å²) in [4.78, 5) is 5.13. The number of hydrogen-bond donors (Lipinski definition) is 1. The van der Waals surface area contributed by atoms with Crippen LogP contribution in [0.4, 0.5) is 0 Å². The van der Waals surface area contributed by atoms with Gasteiger partial charge in [-0.2, -0.15) is 0 Å². The molecule has 1 aliphatic carbocycles. The summed E-state index contributed by atoms with van der Waals surface area (Å²) in [5.74, 6) is 0. The molecule has 1 heterocycles. The summed E-state index contributed by atoms with van der Waals surface area (Å²) in [6, 6.07) is 2.44. The van der Waals surface area contributed by atoms with E-state index in [0.717, 1.165) is 18.1 Å². The molecular formula is C14H29N3. The first-order valence-electron chi connectivity index (χ1n) is 7.34. The van der Waals surface area contributed by atoms with E-state index in [1.807, 2.05) is 0 Å². The van der Waals surface area contributed by atoms with Crippen LogP contribution in [0.3, 0.4) is 0 Å². The number of likely N-dealkylation sites (N-methyl/N-ethyl adjacent to an activating group) is 1. The number of likely N-dealkylation sites (tertiary alicyclic amines) is 1. The van der Waals surface area contributed by atoms with Crippen LogP contribution in [-0.2, 0) is 0 Å². The maximum absolute atomic E-state index is 3.68. The zero-order chi connectivity index (χ0) is 12.3. The van der Waals surface area contributed by atoms with E-state index in [0.29, 0.717) is 0 Å². The van der Waals surface area contributed by atoms with Gasteiger partial charge >= 0.3 is 0 Å². The first-order valence-corrected chi connectivity index (χ1v) is 7.34. The highest BCUT2D eigenvalue weighted by Gasteiger charge is 2.33. The minimum Gasteiger partial charge on any atom is -0.314 e. The van der Waals surface area contributed by atoms with E-state index < -0.39 is 0 Å². The second-order valence-corrected chi connectivity index (χ2v) is 6.02. The normalized spacial score (nSPS) is 34.9. The molecule has 2 fully saturated rings. The van der Waals surface area contributed by atoms with Crippen LogP contribution in [0.2, 0.25) is 0 Å². The van der Waals surface area contributed by atoms with E-state index in [2.05, 4.69) is 36.1 Å². The lowest BCUT2D eigenvalue weighted by Gasteiger charge is -2.25. The van der Waals surface area contributed by atoms with Crippen molar-refractivity contribution >= 4 is 0 Å². The van der Waals surface area contributed by atoms with Crippen molar-refractivity contribution in [3.63, 3.8) is 0 Å². The third-order valence-electron chi connectivity index (χ3n) is 4.53. The average molecular weight is 239 g/mol. The molecule has 2 aliphatic rings. The summed E-state index contributed by atoms with van der Waals surface area (Å²) < 4.78 is 0. The number of nitrogens with one attached hydrogen (secondary N) is 1. The van der Waals surface area contributed by atoms with E-state index >= 15 is 0 Å². The van der Waals surface area contributed by atoms with E-state index in [4.69, 9.17) is 0 Å². The molecule has 0 bridgehead atoms. The minimum atomic E-state index is 0.789. The molecule has 1 N–H and O–H groups in total. The Kier molecular flexibility index (Phi) is 4.83. The highest BCUT2D eigenvalue weighted by Crippen LogP contribution is 2.27. The van der Waals surface area contributed by atoms with Gasteiger partial charge in [-0.3, -0.25) is 4.90 Å². The highest BCUT2D eigenvalue weighted by molar-refractivity contribution is 4.91. The number of nitrogens with zero attached hydrogens (tertiary/aromatic N) is 2. The summed E-state index contributed by atoms with van der Waals surface area (Å²) in [5.41, 5.74) is 0. The van der Waals surface area contributed by atoms with Crippen molar-refractivity contribution in [2.45, 2.75) is 57.2 Å². The molecule has 1 saturated carbocycles. The molecule has 3 heteroatoms. The van der Waals surface area contributed by atoms with Crippen LogP contribution in [0.1, 0.15) is 39.0 Å². The van der Waals surface area contributed by atoms with Crippen molar-refractivity contribution in [1.82, 2.24) is 15.1 Å². The molecule has 0 aromatic rings. The largest absolute Gasteiger partial charge is 0.314 e. The molecule has 3 nitrogen and oxygen atoms in total. The Morgan fingerprint density at radius 2 is 2.06 bits per heavy atom. The molecule has 0 aromatic carbocycles. The van der Waals surface area contributed by atoms with Gasteiger partial charge < -0.3 is 10.2 Å². The summed E-state index contributed by atoms with van der Waals surface area (Å²) in [6.45, 7) is 6.05. The summed E-state index contributed by atoms with van der Waals surface area (Å²) in [6.07, 6.45) is 6.78. The van der Waals surface area contributed by atoms with Gasteiger partial charge in [0.05, 0.1) is 0 Å². The van der Waals surface area contributed by atoms with Crippen LogP contribution in [0, 0.1) is 0 Å². The quantitative estimate of drug-likeness (QED) is 0.785. The predicted molar refractivity (Wildman–Crippen MR) is 73.4 cm³/mol. The van der Waals surface area contributed by atoms with Gasteiger partial charge in [-0.1, -0.05) is 6.92 Å². The van der Waals surface area contributed by atoms with Crippen molar-refractivity contribution in [3.8, 4) is 0 Å². The standard InChI is InChI=1S/C14H29N3/c1-4-8-15-12-5-6-13(10-12)17-9-7-14(11-17)16(2)3/h12-15H,4-11H2,1-3H3. The maximum Gasteiger partial charge on any atom is 0.0229 e. The van der Waals surface area contributed by atoms with Gasteiger partial charge in [0.15, 0.2) is 0 Å². The zero-order valence-electron chi connectivity index (χ0n) is 11.8. The Morgan fingerprint density at radius 3 is 2.71 bits per heavy atom. The van der Waals surface area contributed by atoms with Gasteiger partial charge in [0, 0.05) is 31.2 Å². The smallest absolute Gasteiger partial charge is 0.0229 e. The molecule has 0 aromatic heterocycles. The fourth-order valence-corrected chi connectivity index (χ4v) is 3.34. The SMILES string of the molecule is CCCNC1CCC(N2CCC(N(C)C)C2)C1. The Hall–Kier alpha value is -0.120. The molecule has 1 aliphatic heterocycles. The lowest BCUT2D eigenvalue weighted by atomic mass is 10.2. The molecule has 1 saturated heterocycles. The molecule has 100 valence electrons. The zero-order valence-corrected chi connectivity index (χ0v) is 11.8. The van der Waals surface area contributed by atoms with Crippen molar-refractivity contribution in [3.05, 3.63) is 0 Å². The molecule has 0 amide bonds. The fraction of sp³-hybridized carbons (Fsp3) is 1.00. The fourth-order valence-electron chi connectivity index (χ4n) is 3.34. The van der Waals surface area contributed by atoms with E-state index in [1.165, 1.54) is 51.7 Å². The predicted octanol–water partition coefficient (Wildman–Crippen LogP) is 1.54. The second kappa shape index (κ2) is 6.17. The molecule has 3 atom stereocenters. The van der Waals surface area contributed by atoms with Crippen LogP contribution >= 0.6 is 0 Å². The van der Waals surface area contributed by atoms with Crippen molar-refractivity contribution < 1.29 is 0 Å². The minimum absolute atomic E-state index is 0.789. The van der Waals surface area contributed by atoms with Gasteiger partial charge in [0.25, 0.3) is 0 Å². The summed E-state index contributed by atoms with van der Waals surface area (Å²) in [7, 11) is 4.43. The third-order valence-corrected chi connectivity index (χ3v) is 4.53. The van der Waals surface area contributed by atoms with E-state index in [1.54, 1.807) is 0 Å². The van der Waals surface area contributed by atoms with Crippen molar-refractivity contribution in [2.24, 2.45) is 0 Å². The van der Waals surface area contributed by atoms with Gasteiger partial charge in [-0.05, 0) is 52.7 Å². The summed E-state index contributed by atoms with van der Waals surface area (Å²) in [5, 5.41) is 3.68. The van der Waals surface area contributed by atoms with Gasteiger partial charge in [0.2, 0.25) is 0 Å². The topological polar surface area (TPSA) is 18.5 Å². The Labute approximate surface area is 107 Å². The van der Waals surface area contributed by atoms with E-state index in [9.17, 15) is 0 Å². The lowest BCUT2D eigenvalue weighted by molar-refractivity contribution is 0.215. The number of hydrogen-bond acceptors (Lipinski definition) is 3. The molecule has 17 heavy (non-hydrogen) atoms. The van der Waals surface area contributed by atoms with Crippen LogP contribution in [0.5, 0.6) is 0 Å². The van der Waals surface area contributed by atoms with Crippen molar-refractivity contribution in [1.29, 1.82) is 0 Å². The van der Waals surface area contributed by atoms with E-state index in [-0.39, 0.29) is 0 Å². The Balaban J connectivity index is 1.74. The summed E-state index contributed by atoms with van der Waals surface area (Å²) >= 11 is 0. The maximum atomic E-state index is 3.68. The van der Waals surface area contributed by atoms with Gasteiger partial charge in [0.1, 0.15) is 0 Å². The van der Waals surface area contributed by atoms with Crippen LogP contribution in [0.15, 0.2) is 0 Å². The highest BCUT2D eigenvalue weighted by atomic mass is 15.2. The first kappa shape index (κ1) is 13.3. The molecule has 2 rings (SSSR count). The van der Waals surface area contributed by atoms with Crippen molar-refractivity contribution in [2.75, 3.05) is 33.7 Å². The first-order chi connectivity index (χ1) is 8.20. The van der Waals surface area contributed by atoms with Gasteiger partial charge in [-0.15, -0.1) is 0 Å². The van der Waals surface area contributed by atoms with Crippen LogP contribution in [0.25, 0.3) is 0 Å². The molecular weight excluding hydrogens is 210 g/mol. The Bertz CT molecular complexity index is 230. The lowest BCUT2D eigenvalue weighted by Crippen LogP contribution is -2.37. The third kappa shape index (κ3) is 3.43.